The normalized spacial score (nSPS) is 10.9. The highest BCUT2D eigenvalue weighted by Crippen LogP contribution is 2.22. The van der Waals surface area contributed by atoms with Crippen molar-refractivity contribution >= 4 is 16.9 Å². The Morgan fingerprint density at radius 1 is 1.08 bits per heavy atom. The molecule has 0 saturated heterocycles. The van der Waals surface area contributed by atoms with Crippen LogP contribution in [0, 0.1) is 5.82 Å². The Kier molecular flexibility index (Phi) is 3.78. The molecule has 2 N–H and O–H groups in total. The maximum absolute atomic E-state index is 13.0. The molecule has 2 aromatic heterocycles. The number of carbonyl (C=O) groups is 1. The summed E-state index contributed by atoms with van der Waals surface area (Å²) in [6, 6.07) is 16.8. The molecule has 2 heterocycles. The van der Waals surface area contributed by atoms with Gasteiger partial charge in [-0.3, -0.25) is 4.79 Å². The number of imidazole rings is 1. The number of hydrogen-bond donors (Lipinski definition) is 2. The van der Waals surface area contributed by atoms with E-state index in [2.05, 4.69) is 15.3 Å². The van der Waals surface area contributed by atoms with Gasteiger partial charge in [-0.15, -0.1) is 0 Å². The molecule has 25 heavy (non-hydrogen) atoms. The molecule has 0 unspecified atom stereocenters. The average molecular weight is 335 g/mol. The number of aromatic amines is 1. The van der Waals surface area contributed by atoms with Gasteiger partial charge >= 0.3 is 0 Å². The fourth-order valence-corrected chi connectivity index (χ4v) is 2.57. The summed E-state index contributed by atoms with van der Waals surface area (Å²) in [5, 5.41) is 2.76. The molecule has 0 spiro atoms. The molecule has 1 amide bonds. The highest BCUT2D eigenvalue weighted by Gasteiger charge is 2.13. The lowest BCUT2D eigenvalue weighted by molar-refractivity contribution is 0.0923. The number of carbonyl (C=O) groups excluding carboxylic acids is 1. The second-order valence-corrected chi connectivity index (χ2v) is 5.55. The summed E-state index contributed by atoms with van der Waals surface area (Å²) in [4.78, 5) is 19.8. The Hall–Kier alpha value is -3.41. The molecule has 4 rings (SSSR count). The molecule has 2 aromatic carbocycles. The largest absolute Gasteiger partial charge is 0.451 e. The minimum absolute atomic E-state index is 0.190. The number of nitrogens with one attached hydrogen (secondary N) is 2. The number of hydrogen-bond acceptors (Lipinski definition) is 3. The molecule has 0 aliphatic carbocycles. The van der Waals surface area contributed by atoms with Gasteiger partial charge in [-0.1, -0.05) is 12.1 Å². The molecule has 0 bridgehead atoms. The average Bonchev–Trinajstić information content (AvgIpc) is 3.27. The van der Waals surface area contributed by atoms with Gasteiger partial charge in [0.25, 0.3) is 5.91 Å². The lowest BCUT2D eigenvalue weighted by atomic mass is 10.2. The molecular formula is C19H14FN3O2. The van der Waals surface area contributed by atoms with E-state index < -0.39 is 0 Å². The van der Waals surface area contributed by atoms with E-state index in [0.29, 0.717) is 17.1 Å². The summed E-state index contributed by atoms with van der Waals surface area (Å²) in [5.74, 6) is 0.706. The van der Waals surface area contributed by atoms with Crippen LogP contribution in [0.2, 0.25) is 0 Å². The molecule has 0 aliphatic rings. The molecule has 124 valence electrons. The number of benzene rings is 2. The number of amides is 1. The first kappa shape index (κ1) is 15.1. The van der Waals surface area contributed by atoms with Crippen molar-refractivity contribution in [3.63, 3.8) is 0 Å². The van der Waals surface area contributed by atoms with Gasteiger partial charge in [0.15, 0.2) is 5.76 Å². The van der Waals surface area contributed by atoms with Crippen LogP contribution >= 0.6 is 0 Å². The molecular weight excluding hydrogens is 321 g/mol. The minimum atomic E-state index is -0.339. The van der Waals surface area contributed by atoms with Crippen LogP contribution in [-0.4, -0.2) is 15.9 Å². The van der Waals surface area contributed by atoms with Crippen molar-refractivity contribution in [3.8, 4) is 11.3 Å². The lowest BCUT2D eigenvalue weighted by Crippen LogP contribution is -2.22. The van der Waals surface area contributed by atoms with E-state index in [1.54, 1.807) is 24.3 Å². The third-order valence-corrected chi connectivity index (χ3v) is 3.81. The number of fused-ring (bicyclic) bond motifs is 1. The molecule has 6 heteroatoms. The predicted octanol–water partition coefficient (Wildman–Crippen LogP) is 3.89. The molecule has 0 fully saturated rings. The van der Waals surface area contributed by atoms with Crippen molar-refractivity contribution in [1.82, 2.24) is 15.3 Å². The summed E-state index contributed by atoms with van der Waals surface area (Å²) in [5.41, 5.74) is 2.48. The first-order valence-corrected chi connectivity index (χ1v) is 7.77. The number of furan rings is 1. The molecule has 5 nitrogen and oxygen atoms in total. The van der Waals surface area contributed by atoms with Crippen molar-refractivity contribution in [2.45, 2.75) is 6.54 Å². The van der Waals surface area contributed by atoms with E-state index in [1.165, 1.54) is 12.1 Å². The summed E-state index contributed by atoms with van der Waals surface area (Å²) in [7, 11) is 0. The van der Waals surface area contributed by atoms with Gasteiger partial charge in [0.1, 0.15) is 17.4 Å². The van der Waals surface area contributed by atoms with Gasteiger partial charge in [-0.05, 0) is 48.5 Å². The van der Waals surface area contributed by atoms with E-state index in [0.717, 1.165) is 11.0 Å². The third-order valence-electron chi connectivity index (χ3n) is 3.81. The Morgan fingerprint density at radius 3 is 2.68 bits per heavy atom. The Morgan fingerprint density at radius 2 is 1.88 bits per heavy atom. The van der Waals surface area contributed by atoms with Gasteiger partial charge in [-0.2, -0.15) is 0 Å². The number of nitrogens with zero attached hydrogens (tertiary/aromatic N) is 1. The summed E-state index contributed by atoms with van der Waals surface area (Å²) in [6.45, 7) is 0.264. The maximum atomic E-state index is 13.0. The topological polar surface area (TPSA) is 70.9 Å². The zero-order valence-corrected chi connectivity index (χ0v) is 13.1. The van der Waals surface area contributed by atoms with Crippen LogP contribution in [0.15, 0.2) is 65.1 Å². The summed E-state index contributed by atoms with van der Waals surface area (Å²) >= 11 is 0. The zero-order valence-electron chi connectivity index (χ0n) is 13.1. The molecule has 0 aliphatic heterocycles. The summed E-state index contributed by atoms with van der Waals surface area (Å²) in [6.07, 6.45) is 0. The second-order valence-electron chi connectivity index (χ2n) is 5.55. The smallest absolute Gasteiger partial charge is 0.287 e. The quantitative estimate of drug-likeness (QED) is 0.594. The molecule has 0 atom stereocenters. The van der Waals surface area contributed by atoms with Gasteiger partial charge in [0.05, 0.1) is 17.6 Å². The van der Waals surface area contributed by atoms with E-state index in [9.17, 15) is 9.18 Å². The summed E-state index contributed by atoms with van der Waals surface area (Å²) < 4.78 is 18.5. The number of para-hydroxylation sites is 2. The highest BCUT2D eigenvalue weighted by atomic mass is 19.1. The van der Waals surface area contributed by atoms with Crippen molar-refractivity contribution in [2.75, 3.05) is 0 Å². The Balaban J connectivity index is 1.45. The number of halogens is 1. The van der Waals surface area contributed by atoms with Crippen LogP contribution in [0.4, 0.5) is 4.39 Å². The van der Waals surface area contributed by atoms with E-state index in [-0.39, 0.29) is 24.0 Å². The number of rotatable bonds is 4. The molecule has 0 radical (unpaired) electrons. The monoisotopic (exact) mass is 335 g/mol. The van der Waals surface area contributed by atoms with Crippen LogP contribution < -0.4 is 5.32 Å². The first-order chi connectivity index (χ1) is 12.2. The fourth-order valence-electron chi connectivity index (χ4n) is 2.57. The van der Waals surface area contributed by atoms with Gasteiger partial charge in [-0.25, -0.2) is 9.37 Å². The van der Waals surface area contributed by atoms with E-state index in [4.69, 9.17) is 4.42 Å². The lowest BCUT2D eigenvalue weighted by Gasteiger charge is -2.00. The zero-order chi connectivity index (χ0) is 17.2. The predicted molar refractivity (Wildman–Crippen MR) is 91.4 cm³/mol. The molecule has 4 aromatic rings. The first-order valence-electron chi connectivity index (χ1n) is 7.77. The number of aromatic nitrogens is 2. The third kappa shape index (κ3) is 3.14. The van der Waals surface area contributed by atoms with Gasteiger partial charge < -0.3 is 14.7 Å². The Labute approximate surface area is 142 Å². The van der Waals surface area contributed by atoms with Gasteiger partial charge in [0, 0.05) is 5.56 Å². The number of H-pyrrole nitrogens is 1. The van der Waals surface area contributed by atoms with E-state index in [1.807, 2.05) is 24.3 Å². The van der Waals surface area contributed by atoms with Crippen molar-refractivity contribution in [3.05, 3.63) is 78.1 Å². The minimum Gasteiger partial charge on any atom is -0.451 e. The van der Waals surface area contributed by atoms with Crippen LogP contribution in [0.5, 0.6) is 0 Å². The molecule has 0 saturated carbocycles. The highest BCUT2D eigenvalue weighted by molar-refractivity contribution is 5.92. The van der Waals surface area contributed by atoms with Crippen molar-refractivity contribution in [2.24, 2.45) is 0 Å². The van der Waals surface area contributed by atoms with Crippen molar-refractivity contribution < 1.29 is 13.6 Å². The van der Waals surface area contributed by atoms with Crippen molar-refractivity contribution in [1.29, 1.82) is 0 Å². The second kappa shape index (κ2) is 6.24. The van der Waals surface area contributed by atoms with Crippen LogP contribution in [-0.2, 0) is 6.54 Å². The standard InChI is InChI=1S/C19H14FN3O2/c20-13-7-5-12(6-8-13)16-9-10-17(25-16)19(24)21-11-18-22-14-3-1-2-4-15(14)23-18/h1-10H,11H2,(H,21,24)(H,22,23). The van der Waals surface area contributed by atoms with Crippen LogP contribution in [0.1, 0.15) is 16.4 Å². The van der Waals surface area contributed by atoms with Crippen LogP contribution in [0.25, 0.3) is 22.4 Å². The Bertz CT molecular complexity index is 1000. The van der Waals surface area contributed by atoms with Crippen LogP contribution in [0.3, 0.4) is 0 Å². The van der Waals surface area contributed by atoms with Gasteiger partial charge in [0.2, 0.25) is 0 Å². The maximum Gasteiger partial charge on any atom is 0.287 e. The fraction of sp³-hybridized carbons (Fsp3) is 0.0526. The van der Waals surface area contributed by atoms with E-state index >= 15 is 0 Å². The SMILES string of the molecule is O=C(NCc1nc2ccccc2[nH]1)c1ccc(-c2ccc(F)cc2)o1.